The predicted molar refractivity (Wildman–Crippen MR) is 111 cm³/mol. The van der Waals surface area contributed by atoms with Crippen molar-refractivity contribution in [3.05, 3.63) is 20.9 Å². The van der Waals surface area contributed by atoms with E-state index in [-0.39, 0.29) is 11.1 Å². The Labute approximate surface area is 167 Å². The van der Waals surface area contributed by atoms with Crippen molar-refractivity contribution in [3.8, 4) is 0 Å². The molecular weight excluding hydrogens is 368 g/mol. The van der Waals surface area contributed by atoms with Crippen molar-refractivity contribution >= 4 is 23.4 Å². The summed E-state index contributed by atoms with van der Waals surface area (Å²) in [5, 5.41) is 5.90. The van der Waals surface area contributed by atoms with Crippen LogP contribution in [0.25, 0.3) is 0 Å². The van der Waals surface area contributed by atoms with Crippen LogP contribution in [0.1, 0.15) is 71.8 Å². The van der Waals surface area contributed by atoms with Crippen LogP contribution >= 0.6 is 23.4 Å². The quantitative estimate of drug-likeness (QED) is 0.606. The van der Waals surface area contributed by atoms with Gasteiger partial charge in [-0.25, -0.2) is 4.68 Å². The average molecular weight is 401 g/mol. The molecule has 1 fully saturated rings. The van der Waals surface area contributed by atoms with Gasteiger partial charge < -0.3 is 4.74 Å². The monoisotopic (exact) mass is 400 g/mol. The molecule has 0 aliphatic heterocycles. The second-order valence-corrected chi connectivity index (χ2v) is 9.95. The van der Waals surface area contributed by atoms with Crippen molar-refractivity contribution in [2.75, 3.05) is 19.5 Å². The van der Waals surface area contributed by atoms with E-state index in [0.717, 1.165) is 49.5 Å². The molecule has 0 unspecified atom stereocenters. The van der Waals surface area contributed by atoms with E-state index in [1.165, 1.54) is 4.68 Å². The van der Waals surface area contributed by atoms with Crippen LogP contribution in [-0.2, 0) is 10.3 Å². The average Bonchev–Trinajstić information content (AvgIpc) is 2.56. The topological polar surface area (TPSA) is 44.1 Å². The van der Waals surface area contributed by atoms with Gasteiger partial charge in [-0.15, -0.1) is 11.8 Å². The van der Waals surface area contributed by atoms with Crippen LogP contribution < -0.4 is 5.56 Å². The fourth-order valence-corrected chi connectivity index (χ4v) is 4.57. The molecule has 1 aromatic rings. The third kappa shape index (κ3) is 5.26. The van der Waals surface area contributed by atoms with E-state index in [0.29, 0.717) is 22.8 Å². The minimum absolute atomic E-state index is 0.172. The Balaban J connectivity index is 2.15. The molecular formula is C20H33ClN2O2S. The maximum Gasteiger partial charge on any atom is 0.286 e. The van der Waals surface area contributed by atoms with Gasteiger partial charge in [-0.3, -0.25) is 4.79 Å². The Morgan fingerprint density at radius 2 is 1.88 bits per heavy atom. The summed E-state index contributed by atoms with van der Waals surface area (Å²) in [5.74, 6) is 1.51. The molecule has 1 aliphatic rings. The highest BCUT2D eigenvalue weighted by atomic mass is 35.5. The maximum atomic E-state index is 12.8. The van der Waals surface area contributed by atoms with Gasteiger partial charge in [0.15, 0.2) is 0 Å². The van der Waals surface area contributed by atoms with E-state index >= 15 is 0 Å². The molecule has 0 saturated heterocycles. The fourth-order valence-electron chi connectivity index (χ4n) is 3.54. The number of nitrogens with zero attached hydrogens (tertiary/aromatic N) is 2. The molecule has 0 aromatic carbocycles. The number of rotatable bonds is 6. The number of hydrogen-bond donors (Lipinski definition) is 0. The number of aromatic nitrogens is 2. The van der Waals surface area contributed by atoms with E-state index < -0.39 is 0 Å². The molecule has 0 N–H and O–H groups in total. The second-order valence-electron chi connectivity index (χ2n) is 8.77. The van der Waals surface area contributed by atoms with Gasteiger partial charge in [0, 0.05) is 18.8 Å². The Morgan fingerprint density at radius 1 is 1.27 bits per heavy atom. The molecule has 0 radical (unpaired) electrons. The highest BCUT2D eigenvalue weighted by molar-refractivity contribution is 7.98. The lowest BCUT2D eigenvalue weighted by atomic mass is 9.79. The van der Waals surface area contributed by atoms with E-state index in [1.54, 1.807) is 11.8 Å². The van der Waals surface area contributed by atoms with Gasteiger partial charge in [0.25, 0.3) is 5.56 Å². The summed E-state index contributed by atoms with van der Waals surface area (Å²) in [5.41, 5.74) is 0.412. The first-order chi connectivity index (χ1) is 12.1. The lowest BCUT2D eigenvalue weighted by molar-refractivity contribution is 0.0655. The first-order valence-electron chi connectivity index (χ1n) is 9.60. The van der Waals surface area contributed by atoms with E-state index in [4.69, 9.17) is 16.3 Å². The zero-order chi connectivity index (χ0) is 19.5. The summed E-state index contributed by atoms with van der Waals surface area (Å²) in [6.07, 6.45) is 6.34. The smallest absolute Gasteiger partial charge is 0.286 e. The van der Waals surface area contributed by atoms with Crippen LogP contribution in [0.3, 0.4) is 0 Å². The molecule has 2 rings (SSSR count). The molecule has 1 heterocycles. The van der Waals surface area contributed by atoms with Crippen LogP contribution in [0.4, 0.5) is 0 Å². The molecule has 1 saturated carbocycles. The Hall–Kier alpha value is -0.520. The van der Waals surface area contributed by atoms with E-state index in [9.17, 15) is 4.79 Å². The molecule has 0 atom stereocenters. The molecule has 1 aliphatic carbocycles. The van der Waals surface area contributed by atoms with Crippen molar-refractivity contribution < 1.29 is 4.74 Å². The summed E-state index contributed by atoms with van der Waals surface area (Å²) in [4.78, 5) is 12.8. The minimum atomic E-state index is -0.380. The van der Waals surface area contributed by atoms with Gasteiger partial charge in [0.2, 0.25) is 0 Å². The predicted octanol–water partition coefficient (Wildman–Crippen LogP) is 5.32. The summed E-state index contributed by atoms with van der Waals surface area (Å²) < 4.78 is 7.34. The minimum Gasteiger partial charge on any atom is -0.381 e. The van der Waals surface area contributed by atoms with Gasteiger partial charge in [-0.1, -0.05) is 25.4 Å². The van der Waals surface area contributed by atoms with Gasteiger partial charge >= 0.3 is 0 Å². The lowest BCUT2D eigenvalue weighted by Gasteiger charge is -2.31. The molecule has 0 amide bonds. The van der Waals surface area contributed by atoms with Crippen LogP contribution in [0.2, 0.25) is 5.02 Å². The standard InChI is InChI=1S/C20H33ClN2O2S/c1-13(2)11-25-12-14-7-9-15(10-8-14)16-17(21)19(24)23(20(3,4)5)22-18(16)26-6/h13-15H,7-12H2,1-6H3. The summed E-state index contributed by atoms with van der Waals surface area (Å²) >= 11 is 8.15. The first kappa shape index (κ1) is 21.8. The molecule has 148 valence electrons. The van der Waals surface area contributed by atoms with Gasteiger partial charge in [-0.2, -0.15) is 5.10 Å². The molecule has 0 spiro atoms. The second kappa shape index (κ2) is 9.11. The van der Waals surface area contributed by atoms with Gasteiger partial charge in [0.1, 0.15) is 10.0 Å². The van der Waals surface area contributed by atoms with E-state index in [1.807, 2.05) is 27.0 Å². The van der Waals surface area contributed by atoms with Crippen LogP contribution in [-0.4, -0.2) is 29.3 Å². The Morgan fingerprint density at radius 3 is 2.38 bits per heavy atom. The summed E-state index contributed by atoms with van der Waals surface area (Å²) in [6, 6.07) is 0. The summed E-state index contributed by atoms with van der Waals surface area (Å²) in [6.45, 7) is 12.0. The SMILES string of the molecule is CSc1nn(C(C)(C)C)c(=O)c(Cl)c1C1CCC(COCC(C)C)CC1. The number of hydrogen-bond acceptors (Lipinski definition) is 4. The molecule has 26 heavy (non-hydrogen) atoms. The molecule has 4 nitrogen and oxygen atoms in total. The van der Waals surface area contributed by atoms with Crippen molar-refractivity contribution in [3.63, 3.8) is 0 Å². The van der Waals surface area contributed by atoms with Gasteiger partial charge in [-0.05, 0) is 70.5 Å². The van der Waals surface area contributed by atoms with Crippen LogP contribution in [0, 0.1) is 11.8 Å². The number of ether oxygens (including phenoxy) is 1. The van der Waals surface area contributed by atoms with E-state index in [2.05, 4.69) is 18.9 Å². The third-order valence-electron chi connectivity index (χ3n) is 4.93. The largest absolute Gasteiger partial charge is 0.381 e. The van der Waals surface area contributed by atoms with Crippen molar-refractivity contribution in [1.82, 2.24) is 9.78 Å². The Bertz CT molecular complexity index is 659. The zero-order valence-electron chi connectivity index (χ0n) is 17.0. The third-order valence-corrected chi connectivity index (χ3v) is 5.98. The van der Waals surface area contributed by atoms with Crippen molar-refractivity contribution in [1.29, 1.82) is 0 Å². The lowest BCUT2D eigenvalue weighted by Crippen LogP contribution is -2.37. The van der Waals surface area contributed by atoms with Gasteiger partial charge in [0.05, 0.1) is 5.54 Å². The Kier molecular flexibility index (Phi) is 7.63. The first-order valence-corrected chi connectivity index (χ1v) is 11.2. The number of thioether (sulfide) groups is 1. The summed E-state index contributed by atoms with van der Waals surface area (Å²) in [7, 11) is 0. The maximum absolute atomic E-state index is 12.8. The molecule has 6 heteroatoms. The highest BCUT2D eigenvalue weighted by Crippen LogP contribution is 2.41. The zero-order valence-corrected chi connectivity index (χ0v) is 18.5. The fraction of sp³-hybridized carbons (Fsp3) is 0.800. The highest BCUT2D eigenvalue weighted by Gasteiger charge is 2.30. The number of halogens is 1. The molecule has 1 aromatic heterocycles. The molecule has 0 bridgehead atoms. The van der Waals surface area contributed by atoms with Crippen LogP contribution in [0.15, 0.2) is 9.82 Å². The van der Waals surface area contributed by atoms with Crippen molar-refractivity contribution in [2.24, 2.45) is 11.8 Å². The van der Waals surface area contributed by atoms with Crippen LogP contribution in [0.5, 0.6) is 0 Å². The van der Waals surface area contributed by atoms with Crippen molar-refractivity contribution in [2.45, 2.75) is 76.8 Å². The normalized spacial score (nSPS) is 21.4.